The Bertz CT molecular complexity index is 1470. The van der Waals surface area contributed by atoms with E-state index >= 15 is 0 Å². The van der Waals surface area contributed by atoms with E-state index in [1.165, 1.54) is 53.8 Å². The van der Waals surface area contributed by atoms with Crippen LogP contribution in [0, 0.1) is 5.82 Å². The van der Waals surface area contributed by atoms with Crippen LogP contribution in [0.4, 0.5) is 14.9 Å². The van der Waals surface area contributed by atoms with Crippen LogP contribution in [0.25, 0.3) is 0 Å². The fourth-order valence-electron chi connectivity index (χ4n) is 5.01. The molecule has 0 aliphatic carbocycles. The predicted octanol–water partition coefficient (Wildman–Crippen LogP) is 4.30. The number of nitrogens with zero attached hydrogens (tertiary/aromatic N) is 4. The highest BCUT2D eigenvalue weighted by atomic mass is 19.1. The summed E-state index contributed by atoms with van der Waals surface area (Å²) in [4.78, 5) is 70.7. The highest BCUT2D eigenvalue weighted by Gasteiger charge is 2.33. The number of ether oxygens (including phenoxy) is 2. The number of benzene rings is 1. The lowest BCUT2D eigenvalue weighted by Crippen LogP contribution is -2.39. The number of rotatable bonds is 10. The van der Waals surface area contributed by atoms with Crippen molar-refractivity contribution in [3.8, 4) is 5.75 Å². The van der Waals surface area contributed by atoms with Crippen molar-refractivity contribution in [2.45, 2.75) is 90.3 Å². The maximum atomic E-state index is 14.2. The van der Waals surface area contributed by atoms with Gasteiger partial charge >= 0.3 is 12.1 Å². The van der Waals surface area contributed by atoms with Gasteiger partial charge in [0.25, 0.3) is 5.56 Å². The van der Waals surface area contributed by atoms with Gasteiger partial charge in [-0.15, -0.1) is 0 Å². The summed E-state index contributed by atoms with van der Waals surface area (Å²) < 4.78 is 25.6. The second-order valence-electron chi connectivity index (χ2n) is 11.8. The quantitative estimate of drug-likeness (QED) is 0.305. The van der Waals surface area contributed by atoms with Crippen molar-refractivity contribution in [1.82, 2.24) is 14.5 Å². The van der Waals surface area contributed by atoms with Crippen molar-refractivity contribution < 1.29 is 38.1 Å². The molecule has 2 heterocycles. The molecule has 44 heavy (non-hydrogen) atoms. The van der Waals surface area contributed by atoms with Crippen LogP contribution in [0.3, 0.4) is 0 Å². The zero-order valence-electron chi connectivity index (χ0n) is 26.1. The highest BCUT2D eigenvalue weighted by Crippen LogP contribution is 2.30. The second-order valence-corrected chi connectivity index (χ2v) is 11.8. The Morgan fingerprint density at radius 3 is 2.48 bits per heavy atom. The van der Waals surface area contributed by atoms with E-state index in [1.54, 1.807) is 20.8 Å². The smallest absolute Gasteiger partial charge is 0.410 e. The van der Waals surface area contributed by atoms with E-state index in [1.807, 2.05) is 0 Å². The molecule has 0 spiro atoms. The number of carbonyl (C=O) groups is 4. The van der Waals surface area contributed by atoms with Crippen LogP contribution < -0.4 is 10.5 Å². The maximum Gasteiger partial charge on any atom is 0.410 e. The molecule has 2 amide bonds. The number of esters is 1. The van der Waals surface area contributed by atoms with E-state index in [2.05, 4.69) is 9.72 Å². The van der Waals surface area contributed by atoms with Crippen LogP contribution in [0.15, 0.2) is 23.0 Å². The first-order valence-corrected chi connectivity index (χ1v) is 14.6. The lowest BCUT2D eigenvalue weighted by molar-refractivity contribution is -0.140. The van der Waals surface area contributed by atoms with E-state index in [-0.39, 0.29) is 56.1 Å². The average molecular weight is 617 g/mol. The van der Waals surface area contributed by atoms with Crippen molar-refractivity contribution in [1.29, 1.82) is 0 Å². The van der Waals surface area contributed by atoms with Gasteiger partial charge in [-0.05, 0) is 70.6 Å². The van der Waals surface area contributed by atoms with Gasteiger partial charge in [0.05, 0.1) is 13.2 Å². The standard InChI is InChI=1S/C31H41FN4O8/c1-31(2,3)44-30(42)35(5)21-10-7-8-17-36-28(21)33-26(27(40)29(36)41)23(37)16-14-19-13-15-20(32)18-22(19)34(4)24(38)11-9-12-25(39)43-6/h13,15,18,21,40H,7-12,14,16-17H2,1-6H3. The summed E-state index contributed by atoms with van der Waals surface area (Å²) in [6.07, 6.45) is 1.33. The first kappa shape index (κ1) is 34.2. The number of anilines is 1. The molecule has 3 rings (SSSR count). The number of ketones is 1. The molecule has 240 valence electrons. The highest BCUT2D eigenvalue weighted by molar-refractivity contribution is 5.97. The zero-order valence-corrected chi connectivity index (χ0v) is 26.1. The number of fused-ring (bicyclic) bond motifs is 1. The van der Waals surface area contributed by atoms with Gasteiger partial charge in [0, 0.05) is 45.6 Å². The van der Waals surface area contributed by atoms with E-state index in [4.69, 9.17) is 4.74 Å². The van der Waals surface area contributed by atoms with Gasteiger partial charge in [0.1, 0.15) is 17.2 Å². The largest absolute Gasteiger partial charge is 0.501 e. The molecular formula is C31H41FN4O8. The van der Waals surface area contributed by atoms with Gasteiger partial charge in [-0.25, -0.2) is 14.2 Å². The summed E-state index contributed by atoms with van der Waals surface area (Å²) >= 11 is 0. The Morgan fingerprint density at radius 2 is 1.82 bits per heavy atom. The third-order valence-electron chi connectivity index (χ3n) is 7.40. The fourth-order valence-corrected chi connectivity index (χ4v) is 5.01. The predicted molar refractivity (Wildman–Crippen MR) is 159 cm³/mol. The van der Waals surface area contributed by atoms with Gasteiger partial charge in [0.2, 0.25) is 11.7 Å². The number of Topliss-reactive ketones (excluding diaryl/α,β-unsaturated/α-hetero) is 1. The monoisotopic (exact) mass is 616 g/mol. The molecule has 0 fully saturated rings. The van der Waals surface area contributed by atoms with Gasteiger partial charge in [-0.3, -0.25) is 23.7 Å². The minimum Gasteiger partial charge on any atom is -0.501 e. The molecule has 13 heteroatoms. The molecule has 1 N–H and O–H groups in total. The number of aromatic nitrogens is 2. The van der Waals surface area contributed by atoms with Crippen LogP contribution in [0.1, 0.15) is 93.6 Å². The van der Waals surface area contributed by atoms with Gasteiger partial charge < -0.3 is 24.4 Å². The van der Waals surface area contributed by atoms with Crippen LogP contribution in [0.5, 0.6) is 5.75 Å². The van der Waals surface area contributed by atoms with Gasteiger partial charge in [0.15, 0.2) is 11.5 Å². The summed E-state index contributed by atoms with van der Waals surface area (Å²) in [7, 11) is 4.27. The number of carbonyl (C=O) groups excluding carboxylic acids is 4. The summed E-state index contributed by atoms with van der Waals surface area (Å²) in [5, 5.41) is 10.7. The first-order valence-electron chi connectivity index (χ1n) is 14.6. The van der Waals surface area contributed by atoms with Crippen LogP contribution in [-0.4, -0.2) is 70.1 Å². The molecule has 1 unspecified atom stereocenters. The van der Waals surface area contributed by atoms with Gasteiger partial charge in [-0.2, -0.15) is 0 Å². The molecule has 1 aromatic carbocycles. The molecule has 1 atom stereocenters. The molecule has 0 radical (unpaired) electrons. The average Bonchev–Trinajstić information content (AvgIpc) is 3.18. The van der Waals surface area contributed by atoms with Gasteiger partial charge in [-0.1, -0.05) is 6.07 Å². The van der Waals surface area contributed by atoms with Crippen molar-refractivity contribution in [3.63, 3.8) is 0 Å². The Labute approximate surface area is 255 Å². The number of aryl methyl sites for hydroxylation is 1. The summed E-state index contributed by atoms with van der Waals surface area (Å²) in [5.74, 6) is -2.61. The minimum atomic E-state index is -0.781. The van der Waals surface area contributed by atoms with E-state index < -0.39 is 52.3 Å². The molecule has 1 aromatic heterocycles. The van der Waals surface area contributed by atoms with Crippen LogP contribution in [0.2, 0.25) is 0 Å². The first-order chi connectivity index (χ1) is 20.6. The van der Waals surface area contributed by atoms with E-state index in [9.17, 15) is 33.5 Å². The second kappa shape index (κ2) is 14.5. The number of hydrogen-bond acceptors (Lipinski definition) is 9. The Balaban J connectivity index is 1.86. The molecule has 1 aliphatic rings. The topological polar surface area (TPSA) is 148 Å². The van der Waals surface area contributed by atoms with Crippen LogP contribution in [-0.2, 0) is 32.0 Å². The summed E-state index contributed by atoms with van der Waals surface area (Å²) in [6, 6.07) is 3.18. The minimum absolute atomic E-state index is 0.0241. The number of aromatic hydroxyl groups is 1. The lowest BCUT2D eigenvalue weighted by Gasteiger charge is -2.30. The molecule has 0 saturated carbocycles. The summed E-state index contributed by atoms with van der Waals surface area (Å²) in [5.41, 5.74) is -1.21. The number of amides is 2. The van der Waals surface area contributed by atoms with E-state index in [0.717, 1.165) is 0 Å². The number of hydrogen-bond donors (Lipinski definition) is 1. The number of halogens is 1. The number of methoxy groups -OCH3 is 1. The van der Waals surface area contributed by atoms with E-state index in [0.29, 0.717) is 24.8 Å². The third-order valence-corrected chi connectivity index (χ3v) is 7.40. The van der Waals surface area contributed by atoms with Crippen molar-refractivity contribution in [2.24, 2.45) is 0 Å². The molecule has 2 aromatic rings. The Kier molecular flexibility index (Phi) is 11.2. The van der Waals surface area contributed by atoms with Crippen molar-refractivity contribution in [2.75, 3.05) is 26.1 Å². The third kappa shape index (κ3) is 8.42. The molecule has 1 aliphatic heterocycles. The lowest BCUT2D eigenvalue weighted by atomic mass is 10.0. The molecule has 12 nitrogen and oxygen atoms in total. The molecule has 0 saturated heterocycles. The van der Waals surface area contributed by atoms with Crippen molar-refractivity contribution in [3.05, 3.63) is 51.5 Å². The SMILES string of the molecule is COC(=O)CCCC(=O)N(C)c1cc(F)ccc1CCC(=O)c1nc2n(c(=O)c1O)CCCCC2N(C)C(=O)OC(C)(C)C. The Hall–Kier alpha value is -4.29. The van der Waals surface area contributed by atoms with Crippen molar-refractivity contribution >= 4 is 29.4 Å². The normalized spacial score (nSPS) is 14.7. The van der Waals surface area contributed by atoms with Crippen LogP contribution >= 0.6 is 0 Å². The maximum absolute atomic E-state index is 14.2. The Morgan fingerprint density at radius 1 is 1.11 bits per heavy atom. The zero-order chi connectivity index (χ0) is 32.8. The molecular weight excluding hydrogens is 575 g/mol. The fraction of sp³-hybridized carbons (Fsp3) is 0.548. The summed E-state index contributed by atoms with van der Waals surface area (Å²) in [6.45, 7) is 5.48. The molecule has 0 bridgehead atoms.